The minimum Gasteiger partial charge on any atom is -0.492 e. The van der Waals surface area contributed by atoms with Crippen molar-refractivity contribution >= 4 is 11.7 Å². The van der Waals surface area contributed by atoms with Gasteiger partial charge < -0.3 is 19.5 Å². The molecule has 1 unspecified atom stereocenters. The maximum atomic E-state index is 13.4. The standard InChI is InChI=1S/C22H22FN3O2/c1-2-28-20-8-4-3-6-18(20)24-22(27)26-15-14-25-13-5-7-19(25)21(26)16-9-11-17(23)12-10-16/h3-13,21H,2,14-15H2,1H3,(H,24,27). The zero-order valence-corrected chi connectivity index (χ0v) is 15.6. The van der Waals surface area contributed by atoms with Crippen LogP contribution in [-0.2, 0) is 6.54 Å². The predicted molar refractivity (Wildman–Crippen MR) is 106 cm³/mol. The highest BCUT2D eigenvalue weighted by molar-refractivity contribution is 5.91. The molecular formula is C22H22FN3O2. The van der Waals surface area contributed by atoms with Crippen LogP contribution in [0.3, 0.4) is 0 Å². The molecule has 0 fully saturated rings. The Morgan fingerprint density at radius 1 is 1.11 bits per heavy atom. The van der Waals surface area contributed by atoms with E-state index in [1.54, 1.807) is 17.0 Å². The molecule has 0 saturated heterocycles. The Morgan fingerprint density at radius 3 is 2.68 bits per heavy atom. The lowest BCUT2D eigenvalue weighted by Crippen LogP contribution is -2.44. The van der Waals surface area contributed by atoms with Crippen molar-refractivity contribution in [1.82, 2.24) is 9.47 Å². The number of hydrogen-bond donors (Lipinski definition) is 1. The van der Waals surface area contributed by atoms with Crippen LogP contribution in [0.25, 0.3) is 0 Å². The number of benzene rings is 2. The van der Waals surface area contributed by atoms with Crippen molar-refractivity contribution in [3.8, 4) is 5.75 Å². The fourth-order valence-corrected chi connectivity index (χ4v) is 3.64. The number of aromatic nitrogens is 1. The van der Waals surface area contributed by atoms with Crippen LogP contribution >= 0.6 is 0 Å². The van der Waals surface area contributed by atoms with Crippen molar-refractivity contribution in [3.05, 3.63) is 83.9 Å². The van der Waals surface area contributed by atoms with E-state index in [9.17, 15) is 9.18 Å². The van der Waals surface area contributed by atoms with Crippen LogP contribution in [0, 0.1) is 5.82 Å². The molecule has 2 heterocycles. The normalized spacial score (nSPS) is 15.8. The molecule has 144 valence electrons. The number of ether oxygens (including phenoxy) is 1. The van der Waals surface area contributed by atoms with Crippen molar-refractivity contribution in [2.24, 2.45) is 0 Å². The fourth-order valence-electron chi connectivity index (χ4n) is 3.64. The monoisotopic (exact) mass is 379 g/mol. The van der Waals surface area contributed by atoms with Crippen molar-refractivity contribution < 1.29 is 13.9 Å². The van der Waals surface area contributed by atoms with Crippen LogP contribution < -0.4 is 10.1 Å². The molecule has 6 heteroatoms. The number of fused-ring (bicyclic) bond motifs is 1. The number of nitrogens with one attached hydrogen (secondary N) is 1. The average molecular weight is 379 g/mol. The number of carbonyl (C=O) groups excluding carboxylic acids is 1. The molecule has 0 aliphatic carbocycles. The summed E-state index contributed by atoms with van der Waals surface area (Å²) in [5.74, 6) is 0.341. The molecule has 0 spiro atoms. The number of rotatable bonds is 4. The molecule has 1 atom stereocenters. The van der Waals surface area contributed by atoms with Gasteiger partial charge in [-0.1, -0.05) is 24.3 Å². The van der Waals surface area contributed by atoms with Gasteiger partial charge in [0, 0.05) is 25.0 Å². The summed E-state index contributed by atoms with van der Waals surface area (Å²) in [5.41, 5.74) is 2.51. The zero-order chi connectivity index (χ0) is 19.5. The Labute approximate surface area is 163 Å². The third kappa shape index (κ3) is 3.45. The second-order valence-electron chi connectivity index (χ2n) is 6.63. The third-order valence-electron chi connectivity index (χ3n) is 4.91. The second kappa shape index (κ2) is 7.76. The van der Waals surface area contributed by atoms with Gasteiger partial charge in [-0.15, -0.1) is 0 Å². The molecule has 28 heavy (non-hydrogen) atoms. The SMILES string of the molecule is CCOc1ccccc1NC(=O)N1CCn2cccc2C1c1ccc(F)cc1. The number of urea groups is 1. The van der Waals surface area contributed by atoms with E-state index in [1.807, 2.05) is 49.5 Å². The Balaban J connectivity index is 1.65. The molecule has 3 aromatic rings. The van der Waals surface area contributed by atoms with Gasteiger partial charge in [0.15, 0.2) is 0 Å². The molecule has 0 radical (unpaired) electrons. The molecule has 0 bridgehead atoms. The summed E-state index contributed by atoms with van der Waals surface area (Å²) in [6.07, 6.45) is 2.01. The van der Waals surface area contributed by atoms with Gasteiger partial charge in [0.05, 0.1) is 18.3 Å². The number of amides is 2. The summed E-state index contributed by atoms with van der Waals surface area (Å²) >= 11 is 0. The number of anilines is 1. The van der Waals surface area contributed by atoms with E-state index < -0.39 is 0 Å². The summed E-state index contributed by atoms with van der Waals surface area (Å²) in [6, 6.07) is 17.2. The number of halogens is 1. The average Bonchev–Trinajstić information content (AvgIpc) is 3.18. The molecule has 0 saturated carbocycles. The van der Waals surface area contributed by atoms with Crippen molar-refractivity contribution in [2.45, 2.75) is 19.5 Å². The van der Waals surface area contributed by atoms with Crippen LogP contribution in [0.4, 0.5) is 14.9 Å². The summed E-state index contributed by atoms with van der Waals surface area (Å²) in [4.78, 5) is 15.0. The molecule has 1 aromatic heterocycles. The van der Waals surface area contributed by atoms with Gasteiger partial charge in [-0.05, 0) is 48.9 Å². The third-order valence-corrected chi connectivity index (χ3v) is 4.91. The lowest BCUT2D eigenvalue weighted by atomic mass is 10.0. The van der Waals surface area contributed by atoms with E-state index in [0.29, 0.717) is 31.1 Å². The van der Waals surface area contributed by atoms with Crippen molar-refractivity contribution in [1.29, 1.82) is 0 Å². The van der Waals surface area contributed by atoms with Crippen LogP contribution in [-0.4, -0.2) is 28.6 Å². The number of nitrogens with zero attached hydrogens (tertiary/aromatic N) is 2. The van der Waals surface area contributed by atoms with E-state index in [4.69, 9.17) is 4.74 Å². The first-order chi connectivity index (χ1) is 13.7. The second-order valence-corrected chi connectivity index (χ2v) is 6.63. The van der Waals surface area contributed by atoms with E-state index in [-0.39, 0.29) is 17.9 Å². The quantitative estimate of drug-likeness (QED) is 0.716. The van der Waals surface area contributed by atoms with Gasteiger partial charge in [-0.2, -0.15) is 0 Å². The van der Waals surface area contributed by atoms with Crippen LogP contribution in [0.15, 0.2) is 66.9 Å². The van der Waals surface area contributed by atoms with Gasteiger partial charge >= 0.3 is 6.03 Å². The fraction of sp³-hybridized carbons (Fsp3) is 0.227. The van der Waals surface area contributed by atoms with Crippen molar-refractivity contribution in [2.75, 3.05) is 18.5 Å². The highest BCUT2D eigenvalue weighted by Crippen LogP contribution is 2.33. The van der Waals surface area contributed by atoms with Gasteiger partial charge in [0.2, 0.25) is 0 Å². The first-order valence-corrected chi connectivity index (χ1v) is 9.37. The number of para-hydroxylation sites is 2. The lowest BCUT2D eigenvalue weighted by Gasteiger charge is -2.37. The minimum absolute atomic E-state index is 0.214. The van der Waals surface area contributed by atoms with Crippen molar-refractivity contribution in [3.63, 3.8) is 0 Å². The molecule has 2 aromatic carbocycles. The predicted octanol–water partition coefficient (Wildman–Crippen LogP) is 4.66. The first-order valence-electron chi connectivity index (χ1n) is 9.37. The summed E-state index contributed by atoms with van der Waals surface area (Å²) in [5, 5.41) is 2.98. The van der Waals surface area contributed by atoms with Gasteiger partial charge in [0.1, 0.15) is 11.6 Å². The molecular weight excluding hydrogens is 357 g/mol. The minimum atomic E-state index is -0.295. The maximum Gasteiger partial charge on any atom is 0.322 e. The Kier molecular flexibility index (Phi) is 5.02. The Bertz CT molecular complexity index is 968. The zero-order valence-electron chi connectivity index (χ0n) is 15.6. The van der Waals surface area contributed by atoms with Gasteiger partial charge in [-0.25, -0.2) is 9.18 Å². The van der Waals surface area contributed by atoms with Crippen LogP contribution in [0.2, 0.25) is 0 Å². The Morgan fingerprint density at radius 2 is 1.89 bits per heavy atom. The largest absolute Gasteiger partial charge is 0.492 e. The molecule has 4 rings (SSSR count). The molecule has 5 nitrogen and oxygen atoms in total. The van der Waals surface area contributed by atoms with Gasteiger partial charge in [-0.3, -0.25) is 0 Å². The van der Waals surface area contributed by atoms with E-state index >= 15 is 0 Å². The number of carbonyl (C=O) groups is 1. The lowest BCUT2D eigenvalue weighted by molar-refractivity contribution is 0.181. The Hall–Kier alpha value is -3.28. The smallest absolute Gasteiger partial charge is 0.322 e. The summed E-state index contributed by atoms with van der Waals surface area (Å²) in [7, 11) is 0. The maximum absolute atomic E-state index is 13.4. The summed E-state index contributed by atoms with van der Waals surface area (Å²) < 4.78 is 21.2. The highest BCUT2D eigenvalue weighted by atomic mass is 19.1. The topological polar surface area (TPSA) is 46.5 Å². The van der Waals surface area contributed by atoms with E-state index in [1.165, 1.54) is 12.1 Å². The summed E-state index contributed by atoms with van der Waals surface area (Å²) in [6.45, 7) is 3.68. The first kappa shape index (κ1) is 18.1. The van der Waals surface area contributed by atoms with Gasteiger partial charge in [0.25, 0.3) is 0 Å². The molecule has 2 amide bonds. The highest BCUT2D eigenvalue weighted by Gasteiger charge is 2.32. The molecule has 1 N–H and O–H groups in total. The number of hydrogen-bond acceptors (Lipinski definition) is 2. The van der Waals surface area contributed by atoms with Crippen LogP contribution in [0.5, 0.6) is 5.75 Å². The molecule has 1 aliphatic rings. The van der Waals surface area contributed by atoms with E-state index in [0.717, 1.165) is 11.3 Å². The van der Waals surface area contributed by atoms with E-state index in [2.05, 4.69) is 9.88 Å². The molecule has 1 aliphatic heterocycles. The van der Waals surface area contributed by atoms with Crippen LogP contribution in [0.1, 0.15) is 24.2 Å².